The van der Waals surface area contributed by atoms with Gasteiger partial charge in [-0.25, -0.2) is 0 Å². The average molecular weight is 274 g/mol. The van der Waals surface area contributed by atoms with Crippen molar-refractivity contribution in [3.63, 3.8) is 0 Å². The Bertz CT molecular complexity index is 451. The molecule has 1 aromatic carbocycles. The molecule has 4 heteroatoms. The lowest BCUT2D eigenvalue weighted by molar-refractivity contribution is -0.132. The highest BCUT2D eigenvalue weighted by atomic mass is 16.2. The van der Waals surface area contributed by atoms with Crippen LogP contribution in [0.15, 0.2) is 30.3 Å². The fourth-order valence-electron chi connectivity index (χ4n) is 2.50. The first-order valence-electron chi connectivity index (χ1n) is 7.34. The average Bonchev–Trinajstić information content (AvgIpc) is 2.49. The topological polar surface area (TPSA) is 49.4 Å². The Labute approximate surface area is 120 Å². The summed E-state index contributed by atoms with van der Waals surface area (Å²) in [4.78, 5) is 25.7. The highest BCUT2D eigenvalue weighted by Crippen LogP contribution is 2.13. The van der Waals surface area contributed by atoms with E-state index in [9.17, 15) is 9.59 Å². The van der Waals surface area contributed by atoms with Gasteiger partial charge in [-0.05, 0) is 31.4 Å². The van der Waals surface area contributed by atoms with E-state index in [1.54, 1.807) is 0 Å². The standard InChI is InChI=1S/C16H22N2O2/c1-2-6-15(19)18-11-9-14(10-12-18)17-16(20)13-7-4-3-5-8-13/h3-5,7-8,14H,2,6,9-12H2,1H3,(H,17,20). The van der Waals surface area contributed by atoms with Gasteiger partial charge in [-0.15, -0.1) is 0 Å². The molecule has 0 bridgehead atoms. The van der Waals surface area contributed by atoms with Crippen molar-refractivity contribution in [1.82, 2.24) is 10.2 Å². The molecule has 0 radical (unpaired) electrons. The number of piperidine rings is 1. The smallest absolute Gasteiger partial charge is 0.251 e. The van der Waals surface area contributed by atoms with E-state index in [1.165, 1.54) is 0 Å². The Morgan fingerprint density at radius 2 is 1.85 bits per heavy atom. The van der Waals surface area contributed by atoms with Crippen LogP contribution in [0.3, 0.4) is 0 Å². The Morgan fingerprint density at radius 1 is 1.20 bits per heavy atom. The second kappa shape index (κ2) is 7.08. The number of carbonyl (C=O) groups is 2. The molecule has 108 valence electrons. The van der Waals surface area contributed by atoms with E-state index in [2.05, 4.69) is 5.32 Å². The summed E-state index contributed by atoms with van der Waals surface area (Å²) in [7, 11) is 0. The fourth-order valence-corrected chi connectivity index (χ4v) is 2.50. The molecular formula is C16H22N2O2. The van der Waals surface area contributed by atoms with Crippen LogP contribution in [0.4, 0.5) is 0 Å². The van der Waals surface area contributed by atoms with Crippen molar-refractivity contribution in [1.29, 1.82) is 0 Å². The maximum atomic E-state index is 12.0. The second-order valence-electron chi connectivity index (χ2n) is 5.24. The van der Waals surface area contributed by atoms with Crippen LogP contribution in [0.25, 0.3) is 0 Å². The molecule has 0 saturated carbocycles. The second-order valence-corrected chi connectivity index (χ2v) is 5.24. The molecule has 2 amide bonds. The van der Waals surface area contributed by atoms with E-state index in [4.69, 9.17) is 0 Å². The van der Waals surface area contributed by atoms with Gasteiger partial charge in [-0.1, -0.05) is 25.1 Å². The van der Waals surface area contributed by atoms with Crippen LogP contribution in [-0.2, 0) is 4.79 Å². The van der Waals surface area contributed by atoms with Gasteiger partial charge in [0.05, 0.1) is 0 Å². The lowest BCUT2D eigenvalue weighted by Crippen LogP contribution is -2.46. The van der Waals surface area contributed by atoms with Crippen LogP contribution in [0, 0.1) is 0 Å². The molecule has 20 heavy (non-hydrogen) atoms. The van der Waals surface area contributed by atoms with E-state index in [-0.39, 0.29) is 17.9 Å². The van der Waals surface area contributed by atoms with Gasteiger partial charge in [-0.2, -0.15) is 0 Å². The van der Waals surface area contributed by atoms with Gasteiger partial charge in [0, 0.05) is 31.1 Å². The molecule has 1 saturated heterocycles. The van der Waals surface area contributed by atoms with Gasteiger partial charge < -0.3 is 10.2 Å². The maximum Gasteiger partial charge on any atom is 0.251 e. The monoisotopic (exact) mass is 274 g/mol. The van der Waals surface area contributed by atoms with Crippen molar-refractivity contribution in [2.75, 3.05) is 13.1 Å². The van der Waals surface area contributed by atoms with Crippen molar-refractivity contribution in [3.8, 4) is 0 Å². The summed E-state index contributed by atoms with van der Waals surface area (Å²) in [5, 5.41) is 3.05. The lowest BCUT2D eigenvalue weighted by Gasteiger charge is -2.32. The SMILES string of the molecule is CCCC(=O)N1CCC(NC(=O)c2ccccc2)CC1. The van der Waals surface area contributed by atoms with Gasteiger partial charge in [0.25, 0.3) is 5.91 Å². The van der Waals surface area contributed by atoms with Gasteiger partial charge >= 0.3 is 0 Å². The summed E-state index contributed by atoms with van der Waals surface area (Å²) < 4.78 is 0. The zero-order valence-electron chi connectivity index (χ0n) is 12.0. The fraction of sp³-hybridized carbons (Fsp3) is 0.500. The number of benzene rings is 1. The Hall–Kier alpha value is -1.84. The molecule has 1 N–H and O–H groups in total. The molecule has 1 heterocycles. The van der Waals surface area contributed by atoms with Crippen molar-refractivity contribution >= 4 is 11.8 Å². The quantitative estimate of drug-likeness (QED) is 0.915. The summed E-state index contributed by atoms with van der Waals surface area (Å²) in [5.41, 5.74) is 0.692. The Kier molecular flexibility index (Phi) is 5.16. The molecule has 0 unspecified atom stereocenters. The molecule has 1 aliphatic rings. The summed E-state index contributed by atoms with van der Waals surface area (Å²) >= 11 is 0. The number of hydrogen-bond donors (Lipinski definition) is 1. The van der Waals surface area contributed by atoms with Gasteiger partial charge in [-0.3, -0.25) is 9.59 Å². The molecular weight excluding hydrogens is 252 g/mol. The molecule has 1 aromatic rings. The van der Waals surface area contributed by atoms with Crippen molar-refractivity contribution in [2.24, 2.45) is 0 Å². The number of amides is 2. The van der Waals surface area contributed by atoms with Crippen LogP contribution in [0.5, 0.6) is 0 Å². The molecule has 0 aromatic heterocycles. The first kappa shape index (κ1) is 14.6. The number of hydrogen-bond acceptors (Lipinski definition) is 2. The zero-order valence-corrected chi connectivity index (χ0v) is 12.0. The number of nitrogens with zero attached hydrogens (tertiary/aromatic N) is 1. The minimum Gasteiger partial charge on any atom is -0.349 e. The van der Waals surface area contributed by atoms with Crippen molar-refractivity contribution in [2.45, 2.75) is 38.6 Å². The number of rotatable bonds is 4. The Morgan fingerprint density at radius 3 is 2.45 bits per heavy atom. The van der Waals surface area contributed by atoms with Crippen LogP contribution in [0.2, 0.25) is 0 Å². The van der Waals surface area contributed by atoms with E-state index >= 15 is 0 Å². The summed E-state index contributed by atoms with van der Waals surface area (Å²) in [6, 6.07) is 9.43. The molecule has 0 spiro atoms. The normalized spacial score (nSPS) is 15.9. The van der Waals surface area contributed by atoms with Crippen molar-refractivity contribution in [3.05, 3.63) is 35.9 Å². The molecule has 1 aliphatic heterocycles. The van der Waals surface area contributed by atoms with Gasteiger partial charge in [0.2, 0.25) is 5.91 Å². The number of likely N-dealkylation sites (tertiary alicyclic amines) is 1. The predicted molar refractivity (Wildman–Crippen MR) is 78.4 cm³/mol. The maximum absolute atomic E-state index is 12.0. The summed E-state index contributed by atoms with van der Waals surface area (Å²) in [5.74, 6) is 0.212. The highest BCUT2D eigenvalue weighted by molar-refractivity contribution is 5.94. The highest BCUT2D eigenvalue weighted by Gasteiger charge is 2.23. The minimum absolute atomic E-state index is 0.0241. The predicted octanol–water partition coefficient (Wildman–Crippen LogP) is 2.21. The molecule has 2 rings (SSSR count). The third kappa shape index (κ3) is 3.83. The van der Waals surface area contributed by atoms with E-state index in [0.29, 0.717) is 12.0 Å². The van der Waals surface area contributed by atoms with E-state index in [0.717, 1.165) is 32.4 Å². The third-order valence-corrected chi connectivity index (χ3v) is 3.68. The lowest BCUT2D eigenvalue weighted by atomic mass is 10.0. The van der Waals surface area contributed by atoms with Gasteiger partial charge in [0.1, 0.15) is 0 Å². The minimum atomic E-state index is -0.0241. The summed E-state index contributed by atoms with van der Waals surface area (Å²) in [6.07, 6.45) is 3.20. The first-order chi connectivity index (χ1) is 9.70. The van der Waals surface area contributed by atoms with Crippen molar-refractivity contribution < 1.29 is 9.59 Å². The largest absolute Gasteiger partial charge is 0.349 e. The van der Waals surface area contributed by atoms with Crippen LogP contribution in [0.1, 0.15) is 43.0 Å². The summed E-state index contributed by atoms with van der Waals surface area (Å²) in [6.45, 7) is 3.52. The van der Waals surface area contributed by atoms with Crippen LogP contribution in [-0.4, -0.2) is 35.8 Å². The molecule has 1 fully saturated rings. The van der Waals surface area contributed by atoms with E-state index < -0.39 is 0 Å². The molecule has 4 nitrogen and oxygen atoms in total. The number of nitrogens with one attached hydrogen (secondary N) is 1. The number of carbonyl (C=O) groups excluding carboxylic acids is 2. The third-order valence-electron chi connectivity index (χ3n) is 3.68. The van der Waals surface area contributed by atoms with Crippen LogP contribution < -0.4 is 5.32 Å². The molecule has 0 atom stereocenters. The first-order valence-corrected chi connectivity index (χ1v) is 7.34. The zero-order chi connectivity index (χ0) is 14.4. The van der Waals surface area contributed by atoms with Gasteiger partial charge in [0.15, 0.2) is 0 Å². The Balaban J connectivity index is 1.80. The molecule has 0 aliphatic carbocycles. The van der Waals surface area contributed by atoms with Crippen LogP contribution >= 0.6 is 0 Å². The van der Waals surface area contributed by atoms with E-state index in [1.807, 2.05) is 42.2 Å².